The summed E-state index contributed by atoms with van der Waals surface area (Å²) in [7, 11) is 0. The van der Waals surface area contributed by atoms with E-state index < -0.39 is 6.23 Å². The van der Waals surface area contributed by atoms with Gasteiger partial charge in [0.05, 0.1) is 11.8 Å². The Morgan fingerprint density at radius 1 is 1.05 bits per heavy atom. The highest BCUT2D eigenvalue weighted by Crippen LogP contribution is 2.70. The number of aromatic nitrogens is 2. The molecule has 1 saturated heterocycles. The topological polar surface area (TPSA) is 91.7 Å². The Hall–Kier alpha value is -1.57. The minimum atomic E-state index is -0.609. The summed E-state index contributed by atoms with van der Waals surface area (Å²) in [5, 5.41) is 18.2. The molecule has 0 amide bonds. The van der Waals surface area contributed by atoms with Crippen molar-refractivity contribution >= 4 is 17.7 Å². The van der Waals surface area contributed by atoms with Crippen molar-refractivity contribution in [1.29, 1.82) is 0 Å². The molecule has 3 heterocycles. The van der Waals surface area contributed by atoms with Crippen LogP contribution in [0.15, 0.2) is 11.3 Å². The molecule has 0 aromatic carbocycles. The normalized spacial score (nSPS) is 43.6. The van der Waals surface area contributed by atoms with Crippen LogP contribution < -0.4 is 10.6 Å². The van der Waals surface area contributed by atoms with Crippen molar-refractivity contribution in [2.75, 3.05) is 18.4 Å². The largest absolute Gasteiger partial charge is 0.376 e. The maximum atomic E-state index is 11.1. The molecule has 8 rings (SSSR count). The van der Waals surface area contributed by atoms with Crippen LogP contribution in [0.5, 0.6) is 0 Å². The predicted octanol–water partition coefficient (Wildman–Crippen LogP) is 5.58. The number of nitrogens with zero attached hydrogens (tertiary/aromatic N) is 3. The van der Waals surface area contributed by atoms with E-state index in [0.29, 0.717) is 22.7 Å². The van der Waals surface area contributed by atoms with Gasteiger partial charge in [-0.1, -0.05) is 39.0 Å². The summed E-state index contributed by atoms with van der Waals surface area (Å²) in [5.74, 6) is 4.90. The van der Waals surface area contributed by atoms with Gasteiger partial charge >= 0.3 is 0 Å². The fourth-order valence-electron chi connectivity index (χ4n) is 11.2. The lowest BCUT2D eigenvalue weighted by Gasteiger charge is -2.69. The first-order valence-corrected chi connectivity index (χ1v) is 16.3. The van der Waals surface area contributed by atoms with E-state index in [0.717, 1.165) is 54.5 Å². The molecule has 5 saturated carbocycles. The van der Waals surface area contributed by atoms with Gasteiger partial charge in [0.15, 0.2) is 5.82 Å². The number of aliphatic hydroxyl groups excluding tert-OH is 1. The Bertz CT molecular complexity index is 1110. The number of likely N-dealkylation sites (N-methyl/N-ethyl adjacent to an activating group) is 1. The third-order valence-corrected chi connectivity index (χ3v) is 12.7. The van der Waals surface area contributed by atoms with Crippen molar-refractivity contribution in [1.82, 2.24) is 15.3 Å². The van der Waals surface area contributed by atoms with E-state index in [4.69, 9.17) is 19.7 Å². The number of anilines is 1. The van der Waals surface area contributed by atoms with Gasteiger partial charge in [-0.25, -0.2) is 9.97 Å². The molecule has 1 spiro atoms. The minimum absolute atomic E-state index is 0.0721. The van der Waals surface area contributed by atoms with Gasteiger partial charge < -0.3 is 15.2 Å². The monoisotopic (exact) mass is 533 g/mol. The number of hydrogen-bond donors (Lipinski definition) is 3. The van der Waals surface area contributed by atoms with Crippen LogP contribution in [0.2, 0.25) is 0 Å². The lowest BCUT2D eigenvalue weighted by Crippen LogP contribution is -2.63. The highest BCUT2D eigenvalue weighted by atomic mass is 16.5. The quantitative estimate of drug-likeness (QED) is 0.397. The van der Waals surface area contributed by atoms with Crippen molar-refractivity contribution in [3.8, 4) is 0 Å². The average Bonchev–Trinajstić information content (AvgIpc) is 3.44. The molecule has 10 atom stereocenters. The maximum absolute atomic E-state index is 11.1. The number of aliphatic hydroxyl groups is 1. The van der Waals surface area contributed by atoms with E-state index in [9.17, 15) is 5.11 Å². The summed E-state index contributed by atoms with van der Waals surface area (Å²) in [4.78, 5) is 14.5. The molecule has 2 aliphatic heterocycles. The summed E-state index contributed by atoms with van der Waals surface area (Å²) in [6, 6.07) is 0. The zero-order chi connectivity index (χ0) is 26.2. The third-order valence-electron chi connectivity index (χ3n) is 12.7. The fraction of sp³-hybridized carbons (Fsp3) is 0.844. The summed E-state index contributed by atoms with van der Waals surface area (Å²) in [6.45, 7) is 3.84. The molecule has 10 unspecified atom stereocenters. The third kappa shape index (κ3) is 3.89. The Kier molecular flexibility index (Phi) is 6.12. The number of nitrogens with one attached hydrogen (secondary N) is 2. The van der Waals surface area contributed by atoms with Crippen molar-refractivity contribution in [2.24, 2.45) is 45.4 Å². The van der Waals surface area contributed by atoms with Crippen LogP contribution in [0, 0.1) is 40.4 Å². The first-order chi connectivity index (χ1) is 19.1. The van der Waals surface area contributed by atoms with Crippen LogP contribution in [0.25, 0.3) is 0 Å². The van der Waals surface area contributed by atoms with E-state index in [1.165, 1.54) is 77.0 Å². The van der Waals surface area contributed by atoms with Gasteiger partial charge in [-0.2, -0.15) is 0 Å². The van der Waals surface area contributed by atoms with E-state index >= 15 is 0 Å². The molecule has 3 N–H and O–H groups in total. The van der Waals surface area contributed by atoms with Crippen LogP contribution in [-0.4, -0.2) is 52.8 Å². The molecular formula is C32H47N5O2. The van der Waals surface area contributed by atoms with Gasteiger partial charge in [-0.3, -0.25) is 10.3 Å². The second-order valence-electron chi connectivity index (χ2n) is 14.6. The zero-order valence-corrected chi connectivity index (χ0v) is 23.7. The number of ether oxygens (including phenoxy) is 1. The Labute approximate surface area is 233 Å². The van der Waals surface area contributed by atoms with Gasteiger partial charge in [0.25, 0.3) is 0 Å². The molecule has 0 bridgehead atoms. The van der Waals surface area contributed by atoms with Crippen molar-refractivity contribution in [3.63, 3.8) is 0 Å². The van der Waals surface area contributed by atoms with Crippen LogP contribution in [-0.2, 0) is 4.74 Å². The van der Waals surface area contributed by atoms with Crippen LogP contribution in [0.3, 0.4) is 0 Å². The van der Waals surface area contributed by atoms with Crippen LogP contribution in [0.1, 0.15) is 102 Å². The van der Waals surface area contributed by atoms with E-state index in [1.807, 2.05) is 0 Å². The standard InChI is InChI=1S/C32H47N5O2/c1-2-33-30(38)28-23-16-31(9-4-3-5-10-31)15-22(23)27(39-28)21-8-12-34-26-25(21)36-18-37-29(26)35-17-32-11-6-7-19-13-20(14-32)24(19)32/h12,18-24,27-28,30,33,38H,2-11,13-17H2,1H3,(H,35,36,37). The number of rotatable bonds is 7. The summed E-state index contributed by atoms with van der Waals surface area (Å²) >= 11 is 0. The molecule has 7 heteroatoms. The van der Waals surface area contributed by atoms with Gasteiger partial charge in [0.1, 0.15) is 24.3 Å². The minimum Gasteiger partial charge on any atom is -0.376 e. The summed E-state index contributed by atoms with van der Waals surface area (Å²) < 4.78 is 6.87. The number of aliphatic imine (C=N–C) groups is 1. The second kappa shape index (κ2) is 9.49. The molecule has 212 valence electrons. The fourth-order valence-corrected chi connectivity index (χ4v) is 11.2. The summed E-state index contributed by atoms with van der Waals surface area (Å²) in [6.07, 6.45) is 20.3. The molecule has 1 aromatic heterocycles. The van der Waals surface area contributed by atoms with Crippen LogP contribution in [0.4, 0.5) is 11.5 Å². The smallest absolute Gasteiger partial charge is 0.155 e. The SMILES string of the molecule is CCNC(O)C1OC(C2CC=Nc3c(NCC45CCCC6CC(C4)C65)ncnc32)C2CC3(CCCCC3)CC21. The maximum Gasteiger partial charge on any atom is 0.155 e. The first-order valence-electron chi connectivity index (χ1n) is 16.3. The zero-order valence-electron chi connectivity index (χ0n) is 23.7. The molecule has 39 heavy (non-hydrogen) atoms. The first kappa shape index (κ1) is 25.2. The van der Waals surface area contributed by atoms with Gasteiger partial charge in [0.2, 0.25) is 0 Å². The van der Waals surface area contributed by atoms with E-state index in [1.54, 1.807) is 6.33 Å². The number of fused-ring (bicyclic) bond motifs is 2. The van der Waals surface area contributed by atoms with Gasteiger partial charge in [-0.05, 0) is 98.3 Å². The molecule has 7 nitrogen and oxygen atoms in total. The molecular weight excluding hydrogens is 486 g/mol. The molecule has 5 aliphatic carbocycles. The molecule has 7 aliphatic rings. The molecule has 6 fully saturated rings. The second-order valence-corrected chi connectivity index (χ2v) is 14.6. The predicted molar refractivity (Wildman–Crippen MR) is 152 cm³/mol. The van der Waals surface area contributed by atoms with Crippen LogP contribution >= 0.6 is 0 Å². The van der Waals surface area contributed by atoms with E-state index in [-0.39, 0.29) is 18.1 Å². The van der Waals surface area contributed by atoms with Gasteiger partial charge in [-0.15, -0.1) is 0 Å². The highest BCUT2D eigenvalue weighted by molar-refractivity contribution is 5.76. The van der Waals surface area contributed by atoms with E-state index in [2.05, 4.69) is 23.8 Å². The van der Waals surface area contributed by atoms with Crippen molar-refractivity contribution in [3.05, 3.63) is 12.0 Å². The van der Waals surface area contributed by atoms with Crippen molar-refractivity contribution < 1.29 is 9.84 Å². The van der Waals surface area contributed by atoms with Gasteiger partial charge in [0, 0.05) is 18.7 Å². The lowest BCUT2D eigenvalue weighted by atomic mass is 9.36. The summed E-state index contributed by atoms with van der Waals surface area (Å²) in [5.41, 5.74) is 2.92. The Morgan fingerprint density at radius 2 is 1.92 bits per heavy atom. The molecule has 0 radical (unpaired) electrons. The van der Waals surface area contributed by atoms with Crippen molar-refractivity contribution in [2.45, 2.75) is 115 Å². The average molecular weight is 534 g/mol. The molecule has 1 aromatic rings. The lowest BCUT2D eigenvalue weighted by molar-refractivity contribution is -0.186. The Balaban J connectivity index is 1.05. The highest BCUT2D eigenvalue weighted by Gasteiger charge is 2.64. The number of hydrogen-bond acceptors (Lipinski definition) is 7. The Morgan fingerprint density at radius 3 is 2.77 bits per heavy atom.